The monoisotopic (exact) mass is 1240 g/mol. The number of hydrogen-bond acceptors (Lipinski definition) is 6. The van der Waals surface area contributed by atoms with Crippen molar-refractivity contribution in [1.82, 2.24) is 0 Å². The molecule has 0 aliphatic carbocycles. The molecule has 0 amide bonds. The van der Waals surface area contributed by atoms with Crippen molar-refractivity contribution >= 4 is 5.97 Å². The number of hydrogen-bond donors (Lipinski definition) is 0. The minimum atomic E-state index is -5.68. The molecule has 0 radical (unpaired) electrons. The zero-order valence-corrected chi connectivity index (χ0v) is 40.8. The maximum atomic E-state index is 16.5. The first-order valence-electron chi connectivity index (χ1n) is 22.0. The fourth-order valence-electron chi connectivity index (χ4n) is 7.17. The molecule has 7 aromatic rings. The standard InChI is InChI=1S/C51H28F20IO6/c1-2-3-4-5-6-13-18-74-72(20-14-9-7-10-15-20,21-16-11-8-12-17-21)78-51(73)22-19-23(75-48-40(66)34(60)31(57)35(61)41(48)67)46(76-49-42(68)36(62)32(58)37(63)43(49)69)47(77-50-44(70)38(64)33(59)39(65)45(50)71)24(22)25-26(52)28(54)30(56)29(55)27(25)53/h7-12,14-17,19H,2-6,13,18H2,1H3/q-1. The van der Waals surface area contributed by atoms with Gasteiger partial charge in [0, 0.05) is 0 Å². The summed E-state index contributed by atoms with van der Waals surface area (Å²) in [6, 6.07) is 13.0. The van der Waals surface area contributed by atoms with Crippen LogP contribution in [0, 0.1) is 123 Å². The first-order valence-corrected chi connectivity index (χ1v) is 25.9. The molecule has 0 unspecified atom stereocenters. The molecule has 416 valence electrons. The number of carbonyl (C=O) groups excluding carboxylic acids is 1. The molecule has 27 heteroatoms. The van der Waals surface area contributed by atoms with E-state index >= 15 is 48.7 Å². The summed E-state index contributed by atoms with van der Waals surface area (Å²) in [6.45, 7) is 1.58. The van der Waals surface area contributed by atoms with E-state index in [2.05, 4.69) is 0 Å². The number of carbonyl (C=O) groups is 1. The second-order valence-electron chi connectivity index (χ2n) is 15.9. The van der Waals surface area contributed by atoms with E-state index in [0.717, 1.165) is 19.3 Å². The minimum absolute atomic E-state index is 0.0604. The van der Waals surface area contributed by atoms with Gasteiger partial charge in [-0.1, -0.05) is 0 Å². The Morgan fingerprint density at radius 2 is 0.705 bits per heavy atom. The molecule has 0 heterocycles. The van der Waals surface area contributed by atoms with E-state index in [1.165, 1.54) is 60.7 Å². The Morgan fingerprint density at radius 3 is 1.10 bits per heavy atom. The molecule has 0 aliphatic rings. The SMILES string of the molecule is CCCCCCCCO[I-](OC(=O)c1cc(Oc2c(F)c(F)c(F)c(F)c2F)c(Oc2c(F)c(F)c(F)c(F)c2F)c(Oc2c(F)c(F)c(F)c(F)c2F)c1-c1c(F)c(F)c(F)c(F)c1F)(c1ccccc1)c1ccccc1. The van der Waals surface area contributed by atoms with E-state index in [0.29, 0.717) is 12.8 Å². The molecular formula is C51H28F20IO6-. The predicted molar refractivity (Wildman–Crippen MR) is 226 cm³/mol. The summed E-state index contributed by atoms with van der Waals surface area (Å²) in [7, 11) is 0. The van der Waals surface area contributed by atoms with Crippen molar-refractivity contribution in [1.29, 1.82) is 0 Å². The molecule has 7 rings (SSSR count). The number of rotatable bonds is 19. The molecule has 0 saturated heterocycles. The van der Waals surface area contributed by atoms with Gasteiger partial charge in [0.15, 0.2) is 0 Å². The Morgan fingerprint density at radius 1 is 0.372 bits per heavy atom. The Bertz CT molecular complexity index is 3320. The molecule has 7 aromatic carbocycles. The van der Waals surface area contributed by atoms with Crippen molar-refractivity contribution in [3.63, 3.8) is 0 Å². The zero-order chi connectivity index (χ0) is 57.2. The third-order valence-corrected chi connectivity index (χ3v) is 18.0. The first-order chi connectivity index (χ1) is 36.9. The van der Waals surface area contributed by atoms with Crippen LogP contribution in [0.2, 0.25) is 0 Å². The predicted octanol–water partition coefficient (Wildman–Crippen LogP) is 13.8. The van der Waals surface area contributed by atoms with E-state index in [1.54, 1.807) is 0 Å². The van der Waals surface area contributed by atoms with Crippen LogP contribution in [0.15, 0.2) is 66.7 Å². The van der Waals surface area contributed by atoms with E-state index in [-0.39, 0.29) is 26.2 Å². The molecule has 0 spiro atoms. The Kier molecular flexibility index (Phi) is 17.8. The average Bonchev–Trinajstić information content (AvgIpc) is 3.49. The molecule has 0 bridgehead atoms. The number of ether oxygens (including phenoxy) is 3. The zero-order valence-electron chi connectivity index (χ0n) is 38.7. The van der Waals surface area contributed by atoms with Crippen LogP contribution in [0.25, 0.3) is 11.1 Å². The molecule has 6 nitrogen and oxygen atoms in total. The normalized spacial score (nSPS) is 11.8. The van der Waals surface area contributed by atoms with Gasteiger partial charge < -0.3 is 0 Å². The summed E-state index contributed by atoms with van der Waals surface area (Å²) in [6.07, 6.45) is 3.62. The van der Waals surface area contributed by atoms with Crippen LogP contribution < -0.4 is 33.5 Å². The van der Waals surface area contributed by atoms with Gasteiger partial charge in [-0.05, 0) is 0 Å². The van der Waals surface area contributed by atoms with Crippen LogP contribution >= 0.6 is 0 Å². The van der Waals surface area contributed by atoms with Gasteiger partial charge in [-0.15, -0.1) is 0 Å². The topological polar surface area (TPSA) is 63.2 Å². The average molecular weight is 1240 g/mol. The van der Waals surface area contributed by atoms with Gasteiger partial charge in [0.2, 0.25) is 0 Å². The van der Waals surface area contributed by atoms with Gasteiger partial charge >= 0.3 is 432 Å². The molecule has 0 fully saturated rings. The molecular weight excluding hydrogens is 1220 g/mol. The number of halogens is 21. The third-order valence-electron chi connectivity index (χ3n) is 11.0. The molecule has 0 atom stereocenters. The molecule has 0 aliphatic heterocycles. The van der Waals surface area contributed by atoms with Crippen LogP contribution in [0.1, 0.15) is 55.8 Å². The van der Waals surface area contributed by atoms with E-state index < -0.39 is 193 Å². The fourth-order valence-corrected chi connectivity index (χ4v) is 13.7. The van der Waals surface area contributed by atoms with Crippen molar-refractivity contribution in [2.45, 2.75) is 45.4 Å². The van der Waals surface area contributed by atoms with Crippen molar-refractivity contribution in [3.05, 3.63) is 196 Å². The fraction of sp³-hybridized carbons (Fsp3) is 0.157. The summed E-state index contributed by atoms with van der Waals surface area (Å²) in [5.41, 5.74) is -7.11. The molecule has 0 aromatic heterocycles. The van der Waals surface area contributed by atoms with Gasteiger partial charge in [0.05, 0.1) is 0 Å². The van der Waals surface area contributed by atoms with Crippen LogP contribution in [0.3, 0.4) is 0 Å². The molecule has 0 N–H and O–H groups in total. The van der Waals surface area contributed by atoms with Crippen LogP contribution in [-0.2, 0) is 6.13 Å². The van der Waals surface area contributed by atoms with Crippen molar-refractivity contribution in [3.8, 4) is 45.6 Å². The summed E-state index contributed by atoms with van der Waals surface area (Å²) >= 11 is -5.68. The summed E-state index contributed by atoms with van der Waals surface area (Å²) in [5, 5.41) is 0. The molecule has 0 saturated carbocycles. The molecule has 78 heavy (non-hydrogen) atoms. The Balaban J connectivity index is 1.69. The van der Waals surface area contributed by atoms with Gasteiger partial charge in [0.1, 0.15) is 0 Å². The quantitative estimate of drug-likeness (QED) is 0.0264. The second kappa shape index (κ2) is 23.7. The first kappa shape index (κ1) is 58.4. The summed E-state index contributed by atoms with van der Waals surface area (Å²) in [4.78, 5) is 15.3. The Hall–Kier alpha value is -7.30. The van der Waals surface area contributed by atoms with Gasteiger partial charge in [-0.25, -0.2) is 0 Å². The van der Waals surface area contributed by atoms with Gasteiger partial charge in [0.25, 0.3) is 0 Å². The van der Waals surface area contributed by atoms with E-state index in [1.807, 2.05) is 6.92 Å². The van der Waals surface area contributed by atoms with Crippen LogP contribution in [0.4, 0.5) is 87.8 Å². The third kappa shape index (κ3) is 10.7. The second-order valence-corrected chi connectivity index (χ2v) is 22.1. The van der Waals surface area contributed by atoms with Gasteiger partial charge in [-0.2, -0.15) is 0 Å². The van der Waals surface area contributed by atoms with E-state index in [4.69, 9.17) is 20.3 Å². The summed E-state index contributed by atoms with van der Waals surface area (Å²) < 4.78 is 332. The van der Waals surface area contributed by atoms with Crippen molar-refractivity contribution in [2.24, 2.45) is 0 Å². The summed E-state index contributed by atoms with van der Waals surface area (Å²) in [5.74, 6) is -79.5. The number of benzene rings is 7. The maximum absolute atomic E-state index is 16.5. The van der Waals surface area contributed by atoms with E-state index in [9.17, 15) is 43.9 Å². The van der Waals surface area contributed by atoms with Gasteiger partial charge in [-0.3, -0.25) is 0 Å². The van der Waals surface area contributed by atoms with Crippen LogP contribution in [-0.4, -0.2) is 12.6 Å². The Labute approximate surface area is 430 Å². The van der Waals surface area contributed by atoms with Crippen molar-refractivity contribution < 1.29 is 132 Å². The van der Waals surface area contributed by atoms with Crippen LogP contribution in [0.5, 0.6) is 34.5 Å². The number of unbranched alkanes of at least 4 members (excludes halogenated alkanes) is 5. The van der Waals surface area contributed by atoms with Crippen molar-refractivity contribution in [2.75, 3.05) is 6.61 Å².